The van der Waals surface area contributed by atoms with Crippen LogP contribution in [-0.4, -0.2) is 36.5 Å². The quantitative estimate of drug-likeness (QED) is 0.727. The summed E-state index contributed by atoms with van der Waals surface area (Å²) in [5.74, 6) is 2.02. The van der Waals surface area contributed by atoms with Gasteiger partial charge in [0.15, 0.2) is 0 Å². The lowest BCUT2D eigenvalue weighted by Gasteiger charge is -2.22. The lowest BCUT2D eigenvalue weighted by Crippen LogP contribution is -2.42. The van der Waals surface area contributed by atoms with E-state index in [9.17, 15) is 4.79 Å². The van der Waals surface area contributed by atoms with Crippen molar-refractivity contribution >= 4 is 5.91 Å². The maximum absolute atomic E-state index is 12.3. The number of nitrogens with one attached hydrogen (secondary N) is 1. The number of carbonyl (C=O) groups excluding carboxylic acids is 1. The van der Waals surface area contributed by atoms with Gasteiger partial charge in [-0.05, 0) is 44.1 Å². The van der Waals surface area contributed by atoms with Crippen molar-refractivity contribution in [3.05, 3.63) is 0 Å². The molecule has 1 saturated carbocycles. The van der Waals surface area contributed by atoms with Crippen LogP contribution in [0.5, 0.6) is 0 Å². The Bertz CT molecular complexity index is 259. The highest BCUT2D eigenvalue weighted by Crippen LogP contribution is 2.36. The molecule has 2 unspecified atom stereocenters. The molecule has 1 N–H and O–H groups in total. The summed E-state index contributed by atoms with van der Waals surface area (Å²) in [6, 6.07) is 0.139. The van der Waals surface area contributed by atoms with E-state index in [1.165, 1.54) is 25.7 Å². The van der Waals surface area contributed by atoms with Gasteiger partial charge in [-0.3, -0.25) is 4.79 Å². The van der Waals surface area contributed by atoms with Gasteiger partial charge in [0.05, 0.1) is 6.04 Å². The maximum Gasteiger partial charge on any atom is 0.239 e. The number of fused-ring (bicyclic) bond motifs is 1. The summed E-state index contributed by atoms with van der Waals surface area (Å²) < 4.78 is 0. The SMILES string of the molecule is O=C([C@@H]1CCCN1)N1CC2CCCCC2C1. The zero-order valence-electron chi connectivity index (χ0n) is 9.95. The molecule has 2 aliphatic heterocycles. The molecule has 2 saturated heterocycles. The zero-order chi connectivity index (χ0) is 11.0. The first-order valence-electron chi connectivity index (χ1n) is 6.87. The van der Waals surface area contributed by atoms with E-state index >= 15 is 0 Å². The van der Waals surface area contributed by atoms with Crippen LogP contribution in [0.25, 0.3) is 0 Å². The van der Waals surface area contributed by atoms with E-state index in [1.807, 2.05) is 0 Å². The molecular weight excluding hydrogens is 200 g/mol. The van der Waals surface area contributed by atoms with Crippen molar-refractivity contribution in [2.24, 2.45) is 11.8 Å². The Kier molecular flexibility index (Phi) is 2.88. The Labute approximate surface area is 97.6 Å². The molecule has 3 aliphatic rings. The van der Waals surface area contributed by atoms with E-state index in [1.54, 1.807) is 0 Å². The average molecular weight is 222 g/mol. The van der Waals surface area contributed by atoms with E-state index in [0.29, 0.717) is 5.91 Å². The predicted octanol–water partition coefficient (Wildman–Crippen LogP) is 1.39. The van der Waals surface area contributed by atoms with Crippen molar-refractivity contribution in [3.63, 3.8) is 0 Å². The van der Waals surface area contributed by atoms with E-state index in [-0.39, 0.29) is 6.04 Å². The number of amides is 1. The summed E-state index contributed by atoms with van der Waals surface area (Å²) in [7, 11) is 0. The summed E-state index contributed by atoms with van der Waals surface area (Å²) in [5, 5.41) is 3.32. The number of nitrogens with zero attached hydrogens (tertiary/aromatic N) is 1. The molecule has 2 heterocycles. The Hall–Kier alpha value is -0.570. The second-order valence-electron chi connectivity index (χ2n) is 5.70. The standard InChI is InChI=1S/C13H22N2O/c16-13(12-6-3-7-14-12)15-8-10-4-1-2-5-11(10)9-15/h10-12,14H,1-9H2/t10?,11?,12-/m0/s1. The summed E-state index contributed by atoms with van der Waals surface area (Å²) >= 11 is 0. The lowest BCUT2D eigenvalue weighted by molar-refractivity contribution is -0.132. The number of hydrogen-bond donors (Lipinski definition) is 1. The molecule has 3 fully saturated rings. The molecule has 1 amide bonds. The minimum atomic E-state index is 0.139. The average Bonchev–Trinajstić information content (AvgIpc) is 2.97. The minimum absolute atomic E-state index is 0.139. The van der Waals surface area contributed by atoms with Gasteiger partial charge in [-0.1, -0.05) is 12.8 Å². The van der Waals surface area contributed by atoms with Crippen LogP contribution in [0.4, 0.5) is 0 Å². The molecule has 90 valence electrons. The third-order valence-corrected chi connectivity index (χ3v) is 4.65. The normalized spacial score (nSPS) is 38.8. The van der Waals surface area contributed by atoms with Crippen LogP contribution in [-0.2, 0) is 4.79 Å². The van der Waals surface area contributed by atoms with E-state index in [4.69, 9.17) is 0 Å². The van der Waals surface area contributed by atoms with Crippen molar-refractivity contribution in [2.45, 2.75) is 44.6 Å². The Morgan fingerprint density at radius 1 is 1.00 bits per heavy atom. The topological polar surface area (TPSA) is 32.3 Å². The molecule has 0 aromatic carbocycles. The van der Waals surface area contributed by atoms with Crippen LogP contribution in [0.15, 0.2) is 0 Å². The predicted molar refractivity (Wildman–Crippen MR) is 63.1 cm³/mol. The van der Waals surface area contributed by atoms with Crippen molar-refractivity contribution < 1.29 is 4.79 Å². The van der Waals surface area contributed by atoms with Crippen LogP contribution in [0.2, 0.25) is 0 Å². The first-order valence-corrected chi connectivity index (χ1v) is 6.87. The zero-order valence-corrected chi connectivity index (χ0v) is 9.95. The highest BCUT2D eigenvalue weighted by atomic mass is 16.2. The highest BCUT2D eigenvalue weighted by molar-refractivity contribution is 5.82. The molecule has 1 aliphatic carbocycles. The van der Waals surface area contributed by atoms with Crippen molar-refractivity contribution in [1.29, 1.82) is 0 Å². The maximum atomic E-state index is 12.3. The van der Waals surface area contributed by atoms with Crippen LogP contribution in [0.3, 0.4) is 0 Å². The van der Waals surface area contributed by atoms with E-state index in [2.05, 4.69) is 10.2 Å². The van der Waals surface area contributed by atoms with Gasteiger partial charge in [0, 0.05) is 13.1 Å². The fraction of sp³-hybridized carbons (Fsp3) is 0.923. The summed E-state index contributed by atoms with van der Waals surface area (Å²) in [4.78, 5) is 14.4. The van der Waals surface area contributed by atoms with Gasteiger partial charge in [0.2, 0.25) is 5.91 Å². The van der Waals surface area contributed by atoms with Gasteiger partial charge in [0.1, 0.15) is 0 Å². The Balaban J connectivity index is 1.61. The minimum Gasteiger partial charge on any atom is -0.341 e. The number of hydrogen-bond acceptors (Lipinski definition) is 2. The highest BCUT2D eigenvalue weighted by Gasteiger charge is 2.38. The van der Waals surface area contributed by atoms with Gasteiger partial charge >= 0.3 is 0 Å². The molecule has 3 rings (SSSR count). The second-order valence-corrected chi connectivity index (χ2v) is 5.70. The summed E-state index contributed by atoms with van der Waals surface area (Å²) in [6.07, 6.45) is 7.68. The third-order valence-electron chi connectivity index (χ3n) is 4.65. The van der Waals surface area contributed by atoms with Gasteiger partial charge in [-0.25, -0.2) is 0 Å². The fourth-order valence-corrected chi connectivity index (χ4v) is 3.70. The molecule has 16 heavy (non-hydrogen) atoms. The first-order chi connectivity index (χ1) is 7.84. The van der Waals surface area contributed by atoms with Crippen molar-refractivity contribution in [3.8, 4) is 0 Å². The summed E-state index contributed by atoms with van der Waals surface area (Å²) in [5.41, 5.74) is 0. The van der Waals surface area contributed by atoms with Crippen LogP contribution >= 0.6 is 0 Å². The third kappa shape index (κ3) is 1.86. The van der Waals surface area contributed by atoms with Gasteiger partial charge in [-0.2, -0.15) is 0 Å². The molecule has 0 aromatic heterocycles. The van der Waals surface area contributed by atoms with Gasteiger partial charge < -0.3 is 10.2 Å². The number of likely N-dealkylation sites (tertiary alicyclic amines) is 1. The largest absolute Gasteiger partial charge is 0.341 e. The van der Waals surface area contributed by atoms with Crippen molar-refractivity contribution in [1.82, 2.24) is 10.2 Å². The van der Waals surface area contributed by atoms with Crippen LogP contribution in [0, 0.1) is 11.8 Å². The van der Waals surface area contributed by atoms with Gasteiger partial charge in [0.25, 0.3) is 0 Å². The van der Waals surface area contributed by atoms with E-state index < -0.39 is 0 Å². The molecule has 3 nitrogen and oxygen atoms in total. The Morgan fingerprint density at radius 3 is 2.25 bits per heavy atom. The first kappa shape index (κ1) is 10.6. The molecule has 0 radical (unpaired) electrons. The van der Waals surface area contributed by atoms with Gasteiger partial charge in [-0.15, -0.1) is 0 Å². The monoisotopic (exact) mass is 222 g/mol. The molecule has 0 aromatic rings. The number of carbonyl (C=O) groups is 1. The molecule has 0 spiro atoms. The lowest BCUT2D eigenvalue weighted by atomic mass is 9.82. The fourth-order valence-electron chi connectivity index (χ4n) is 3.70. The van der Waals surface area contributed by atoms with E-state index in [0.717, 1.165) is 44.3 Å². The summed E-state index contributed by atoms with van der Waals surface area (Å²) in [6.45, 7) is 3.11. The second kappa shape index (κ2) is 4.36. The van der Waals surface area contributed by atoms with Crippen molar-refractivity contribution in [2.75, 3.05) is 19.6 Å². The Morgan fingerprint density at radius 2 is 1.69 bits per heavy atom. The van der Waals surface area contributed by atoms with Crippen LogP contribution < -0.4 is 5.32 Å². The van der Waals surface area contributed by atoms with Crippen LogP contribution in [0.1, 0.15) is 38.5 Å². The molecule has 3 heteroatoms. The molecule has 3 atom stereocenters. The molecule has 0 bridgehead atoms. The smallest absolute Gasteiger partial charge is 0.239 e. The molecular formula is C13H22N2O. The number of rotatable bonds is 1.